The van der Waals surface area contributed by atoms with Crippen LogP contribution in [0.5, 0.6) is 0 Å². The Bertz CT molecular complexity index is 307. The number of amides is 1. The molecule has 2 N–H and O–H groups in total. The van der Waals surface area contributed by atoms with Gasteiger partial charge in [-0.25, -0.2) is 0 Å². The Kier molecular flexibility index (Phi) is 4.28. The minimum Gasteiger partial charge on any atom is -0.340 e. The number of hydrogen-bond acceptors (Lipinski definition) is 3. The summed E-state index contributed by atoms with van der Waals surface area (Å²) in [5.41, 5.74) is 5.97. The van der Waals surface area contributed by atoms with E-state index in [2.05, 4.69) is 30.7 Å². The van der Waals surface area contributed by atoms with Crippen LogP contribution < -0.4 is 5.73 Å². The largest absolute Gasteiger partial charge is 0.340 e. The quantitative estimate of drug-likeness (QED) is 0.756. The van der Waals surface area contributed by atoms with Crippen molar-refractivity contribution in [2.75, 3.05) is 26.7 Å². The van der Waals surface area contributed by atoms with Crippen LogP contribution in [0, 0.1) is 11.8 Å². The zero-order chi connectivity index (χ0) is 13.3. The van der Waals surface area contributed by atoms with Crippen molar-refractivity contribution in [1.29, 1.82) is 0 Å². The molecule has 4 heteroatoms. The maximum atomic E-state index is 12.6. The molecule has 0 aromatic rings. The maximum Gasteiger partial charge on any atom is 0.226 e. The summed E-state index contributed by atoms with van der Waals surface area (Å²) in [5, 5.41) is 0. The van der Waals surface area contributed by atoms with Gasteiger partial charge in [0.05, 0.1) is 0 Å². The second-order valence-electron chi connectivity index (χ2n) is 6.27. The molecule has 0 radical (unpaired) electrons. The molecule has 1 aliphatic carbocycles. The first-order valence-electron chi connectivity index (χ1n) is 7.23. The first-order chi connectivity index (χ1) is 8.49. The molecule has 0 spiro atoms. The first kappa shape index (κ1) is 13.8. The van der Waals surface area contributed by atoms with E-state index in [1.165, 1.54) is 0 Å². The van der Waals surface area contributed by atoms with Gasteiger partial charge in [0.25, 0.3) is 0 Å². The Morgan fingerprint density at radius 1 is 1.22 bits per heavy atom. The summed E-state index contributed by atoms with van der Waals surface area (Å²) in [6, 6.07) is 0.777. The number of nitrogens with zero attached hydrogens (tertiary/aromatic N) is 2. The third-order valence-electron chi connectivity index (χ3n) is 4.80. The van der Waals surface area contributed by atoms with Gasteiger partial charge in [0.1, 0.15) is 0 Å². The van der Waals surface area contributed by atoms with Gasteiger partial charge in [-0.15, -0.1) is 0 Å². The Morgan fingerprint density at radius 2 is 1.94 bits per heavy atom. The van der Waals surface area contributed by atoms with Gasteiger partial charge in [-0.1, -0.05) is 6.92 Å². The molecule has 0 bridgehead atoms. The first-order valence-corrected chi connectivity index (χ1v) is 7.23. The Morgan fingerprint density at radius 3 is 2.56 bits per heavy atom. The highest BCUT2D eigenvalue weighted by atomic mass is 16.2. The lowest BCUT2D eigenvalue weighted by Crippen LogP contribution is -2.54. The molecular weight excluding hydrogens is 226 g/mol. The van der Waals surface area contributed by atoms with E-state index < -0.39 is 0 Å². The topological polar surface area (TPSA) is 49.6 Å². The molecule has 0 aromatic heterocycles. The summed E-state index contributed by atoms with van der Waals surface area (Å²) in [4.78, 5) is 17.0. The summed E-state index contributed by atoms with van der Waals surface area (Å²) in [6.45, 7) is 7.13. The third kappa shape index (κ3) is 2.86. The summed E-state index contributed by atoms with van der Waals surface area (Å²) in [7, 11) is 2.13. The second kappa shape index (κ2) is 5.57. The maximum absolute atomic E-state index is 12.6. The fraction of sp³-hybridized carbons (Fsp3) is 0.929. The lowest BCUT2D eigenvalue weighted by molar-refractivity contribution is -0.141. The molecule has 4 nitrogen and oxygen atoms in total. The average molecular weight is 253 g/mol. The van der Waals surface area contributed by atoms with Crippen molar-refractivity contribution in [3.63, 3.8) is 0 Å². The lowest BCUT2D eigenvalue weighted by Gasteiger charge is -2.41. The molecule has 104 valence electrons. The highest BCUT2D eigenvalue weighted by molar-refractivity contribution is 5.79. The molecule has 4 unspecified atom stereocenters. The van der Waals surface area contributed by atoms with Crippen LogP contribution in [-0.2, 0) is 4.79 Å². The zero-order valence-corrected chi connectivity index (χ0v) is 11.9. The van der Waals surface area contributed by atoms with Crippen LogP contribution in [0.15, 0.2) is 0 Å². The lowest BCUT2D eigenvalue weighted by atomic mass is 9.77. The fourth-order valence-electron chi connectivity index (χ4n) is 3.29. The molecule has 1 heterocycles. The smallest absolute Gasteiger partial charge is 0.226 e. The predicted molar refractivity (Wildman–Crippen MR) is 73.2 cm³/mol. The number of hydrogen-bond donors (Lipinski definition) is 1. The third-order valence-corrected chi connectivity index (χ3v) is 4.80. The number of carbonyl (C=O) groups is 1. The van der Waals surface area contributed by atoms with E-state index in [1.807, 2.05) is 0 Å². The van der Waals surface area contributed by atoms with Crippen molar-refractivity contribution in [3.05, 3.63) is 0 Å². The van der Waals surface area contributed by atoms with Gasteiger partial charge in [-0.3, -0.25) is 4.79 Å². The molecule has 1 aliphatic heterocycles. The molecule has 2 fully saturated rings. The Hall–Kier alpha value is -0.610. The fourth-order valence-corrected chi connectivity index (χ4v) is 3.29. The molecule has 1 saturated carbocycles. The van der Waals surface area contributed by atoms with Crippen LogP contribution in [0.25, 0.3) is 0 Å². The van der Waals surface area contributed by atoms with Crippen molar-refractivity contribution >= 4 is 5.91 Å². The van der Waals surface area contributed by atoms with E-state index in [9.17, 15) is 4.79 Å². The summed E-state index contributed by atoms with van der Waals surface area (Å²) in [5.74, 6) is 1.02. The monoisotopic (exact) mass is 253 g/mol. The van der Waals surface area contributed by atoms with E-state index in [0.717, 1.165) is 38.9 Å². The minimum atomic E-state index is 0.209. The molecule has 4 atom stereocenters. The van der Waals surface area contributed by atoms with Crippen LogP contribution >= 0.6 is 0 Å². The average Bonchev–Trinajstić information content (AvgIpc) is 2.32. The van der Waals surface area contributed by atoms with Crippen LogP contribution in [0.3, 0.4) is 0 Å². The molecule has 1 amide bonds. The summed E-state index contributed by atoms with van der Waals surface area (Å²) < 4.78 is 0. The molecule has 18 heavy (non-hydrogen) atoms. The Balaban J connectivity index is 1.95. The van der Waals surface area contributed by atoms with Gasteiger partial charge < -0.3 is 15.5 Å². The van der Waals surface area contributed by atoms with Crippen LogP contribution in [0.4, 0.5) is 0 Å². The van der Waals surface area contributed by atoms with Gasteiger partial charge in [0.2, 0.25) is 5.91 Å². The van der Waals surface area contributed by atoms with Gasteiger partial charge >= 0.3 is 0 Å². The SMILES string of the molecule is CC1CC(N)CCC1C(=O)N1CCN(C)C(C)C1. The van der Waals surface area contributed by atoms with E-state index in [-0.39, 0.29) is 5.92 Å². The van der Waals surface area contributed by atoms with Crippen molar-refractivity contribution in [1.82, 2.24) is 9.80 Å². The molecule has 2 rings (SSSR count). The van der Waals surface area contributed by atoms with Gasteiger partial charge in [0, 0.05) is 37.6 Å². The minimum absolute atomic E-state index is 0.209. The number of nitrogens with two attached hydrogens (primary N) is 1. The normalized spacial score (nSPS) is 38.8. The van der Waals surface area contributed by atoms with Crippen molar-refractivity contribution in [3.8, 4) is 0 Å². The van der Waals surface area contributed by atoms with E-state index >= 15 is 0 Å². The zero-order valence-electron chi connectivity index (χ0n) is 11.9. The summed E-state index contributed by atoms with van der Waals surface area (Å²) >= 11 is 0. The van der Waals surface area contributed by atoms with Crippen molar-refractivity contribution in [2.24, 2.45) is 17.6 Å². The van der Waals surface area contributed by atoms with Gasteiger partial charge in [0.15, 0.2) is 0 Å². The molecule has 1 saturated heterocycles. The second-order valence-corrected chi connectivity index (χ2v) is 6.27. The van der Waals surface area contributed by atoms with Gasteiger partial charge in [-0.2, -0.15) is 0 Å². The highest BCUT2D eigenvalue weighted by Gasteiger charge is 2.35. The number of rotatable bonds is 1. The van der Waals surface area contributed by atoms with E-state index in [1.54, 1.807) is 0 Å². The predicted octanol–water partition coefficient (Wildman–Crippen LogP) is 0.912. The van der Waals surface area contributed by atoms with Crippen molar-refractivity contribution in [2.45, 2.75) is 45.2 Å². The number of piperazine rings is 1. The van der Waals surface area contributed by atoms with E-state index in [4.69, 9.17) is 5.73 Å². The van der Waals surface area contributed by atoms with Gasteiger partial charge in [-0.05, 0) is 39.2 Å². The van der Waals surface area contributed by atoms with Crippen LogP contribution in [-0.4, -0.2) is 54.5 Å². The molecule has 2 aliphatic rings. The summed E-state index contributed by atoms with van der Waals surface area (Å²) in [6.07, 6.45) is 2.98. The number of carbonyl (C=O) groups excluding carboxylic acids is 1. The van der Waals surface area contributed by atoms with Crippen LogP contribution in [0.2, 0.25) is 0 Å². The number of likely N-dealkylation sites (N-methyl/N-ethyl adjacent to an activating group) is 1. The Labute approximate surface area is 110 Å². The highest BCUT2D eigenvalue weighted by Crippen LogP contribution is 2.31. The standard InChI is InChI=1S/C14H27N3O/c1-10-8-12(15)4-5-13(10)14(18)17-7-6-16(3)11(2)9-17/h10-13H,4-9,15H2,1-3H3. The van der Waals surface area contributed by atoms with Crippen LogP contribution in [0.1, 0.15) is 33.1 Å². The van der Waals surface area contributed by atoms with Crippen molar-refractivity contribution < 1.29 is 4.79 Å². The van der Waals surface area contributed by atoms with E-state index in [0.29, 0.717) is 23.9 Å². The molecular formula is C14H27N3O. The molecule has 0 aromatic carbocycles.